The van der Waals surface area contributed by atoms with Crippen molar-refractivity contribution < 1.29 is 33.8 Å². The van der Waals surface area contributed by atoms with E-state index in [-0.39, 0.29) is 57.0 Å². The number of thiazole rings is 1. The molecule has 368 valence electrons. The third-order valence-electron chi connectivity index (χ3n) is 12.5. The average molecular weight is 1000 g/mol. The van der Waals surface area contributed by atoms with Gasteiger partial charge in [-0.3, -0.25) is 28.7 Å². The van der Waals surface area contributed by atoms with E-state index in [4.69, 9.17) is 26.1 Å². The molecule has 19 heteroatoms. The number of thiophene rings is 1. The molecule has 5 heterocycles. The van der Waals surface area contributed by atoms with E-state index in [0.29, 0.717) is 29.7 Å². The number of carbonyl (C=O) groups is 4. The highest BCUT2D eigenvalue weighted by Crippen LogP contribution is 2.40. The van der Waals surface area contributed by atoms with E-state index in [1.54, 1.807) is 29.6 Å². The lowest BCUT2D eigenvalue weighted by Crippen LogP contribution is -2.59. The van der Waals surface area contributed by atoms with Gasteiger partial charge in [0, 0.05) is 53.8 Å². The summed E-state index contributed by atoms with van der Waals surface area (Å²) in [5.41, 5.74) is 7.74. The van der Waals surface area contributed by atoms with Gasteiger partial charge in [-0.15, -0.1) is 32.9 Å². The first-order chi connectivity index (χ1) is 32.8. The monoisotopic (exact) mass is 999 g/mol. The van der Waals surface area contributed by atoms with Gasteiger partial charge in [-0.05, 0) is 82.2 Å². The fourth-order valence-electron chi connectivity index (χ4n) is 8.52. The van der Waals surface area contributed by atoms with Crippen LogP contribution in [0.4, 0.5) is 0 Å². The van der Waals surface area contributed by atoms with Crippen molar-refractivity contribution in [1.29, 1.82) is 0 Å². The number of aromatic nitrogens is 4. The Balaban J connectivity index is 0.855. The number of amides is 4. The molecule has 5 aromatic rings. The minimum absolute atomic E-state index is 0.0346. The zero-order valence-corrected chi connectivity index (χ0v) is 43.0. The molecule has 1 fully saturated rings. The Morgan fingerprint density at radius 1 is 0.942 bits per heavy atom. The zero-order valence-electron chi connectivity index (χ0n) is 40.6. The maximum atomic E-state index is 14.2. The SMILES string of the molecule is Cc1ncsc1-c1ccc([C@H](C)NC(=O)[C@@H]2C[C@@H](O)CN2C(=O)C(NC(=O)[C@@H](C)OCCCOCCNC(=O)C[C@@H]2N=C(c3ccc(Cl)cc3)c3c(sc(C)c3C)-n3c(C)nnc32)C(C)(C)C)cc1. The summed E-state index contributed by atoms with van der Waals surface area (Å²) >= 11 is 9.46. The number of fused-ring (bicyclic) bond motifs is 3. The highest BCUT2D eigenvalue weighted by Gasteiger charge is 2.45. The summed E-state index contributed by atoms with van der Waals surface area (Å²) in [7, 11) is 0. The van der Waals surface area contributed by atoms with Crippen LogP contribution in [0.2, 0.25) is 5.02 Å². The summed E-state index contributed by atoms with van der Waals surface area (Å²) in [6, 6.07) is 12.6. The molecule has 0 aliphatic carbocycles. The third kappa shape index (κ3) is 12.0. The van der Waals surface area contributed by atoms with Crippen LogP contribution in [0.1, 0.15) is 110 Å². The lowest BCUT2D eigenvalue weighted by molar-refractivity contribution is -0.146. The van der Waals surface area contributed by atoms with Crippen molar-refractivity contribution in [3.8, 4) is 15.4 Å². The van der Waals surface area contributed by atoms with Crippen molar-refractivity contribution >= 4 is 63.6 Å². The van der Waals surface area contributed by atoms with Gasteiger partial charge in [-0.25, -0.2) is 4.98 Å². The number of ether oxygens (including phenoxy) is 2. The second-order valence-electron chi connectivity index (χ2n) is 18.8. The molecule has 3 aromatic heterocycles. The predicted octanol–water partition coefficient (Wildman–Crippen LogP) is 6.92. The fraction of sp³-hybridized carbons (Fsp3) is 0.480. The molecular formula is C50H62ClN9O7S2. The standard InChI is InChI=1S/C50H62ClN9O7S2/c1-27-31(5)69-49-41(27)42(34-15-17-36(51)18-16-34)55-38(45-58-57-32(6)60(45)49)24-40(62)52-19-22-66-20-10-21-67-30(4)46(63)56-44(50(7,8)9)48(65)59-25-37(61)23-39(59)47(64)54-28(2)33-11-13-35(14-12-33)43-29(3)53-26-68-43/h11-18,26,28,30,37-39,44,61H,10,19-25H2,1-9H3,(H,52,62)(H,54,64)(H,56,63)/t28-,30+,37+,38-,39-,44?/m0/s1. The summed E-state index contributed by atoms with van der Waals surface area (Å²) in [6.07, 6.45) is -1.18. The first-order valence-electron chi connectivity index (χ1n) is 23.2. The van der Waals surface area contributed by atoms with E-state index in [0.717, 1.165) is 54.0 Å². The van der Waals surface area contributed by atoms with E-state index < -0.39 is 47.6 Å². The third-order valence-corrected chi connectivity index (χ3v) is 14.9. The van der Waals surface area contributed by atoms with Crippen molar-refractivity contribution in [2.75, 3.05) is 32.9 Å². The number of aliphatic imine (C=N–C) groups is 1. The molecule has 1 saturated heterocycles. The molecule has 2 aromatic carbocycles. The molecule has 6 atom stereocenters. The number of aliphatic hydroxyl groups is 1. The number of hydrogen-bond donors (Lipinski definition) is 4. The number of rotatable bonds is 18. The van der Waals surface area contributed by atoms with Crippen LogP contribution in [0.15, 0.2) is 59.0 Å². The highest BCUT2D eigenvalue weighted by molar-refractivity contribution is 7.15. The van der Waals surface area contributed by atoms with Crippen LogP contribution in [-0.2, 0) is 28.7 Å². The molecule has 7 rings (SSSR count). The second-order valence-corrected chi connectivity index (χ2v) is 21.3. The first kappa shape index (κ1) is 51.5. The Bertz CT molecular complexity index is 2670. The van der Waals surface area contributed by atoms with Crippen molar-refractivity contribution in [2.45, 2.75) is 118 Å². The highest BCUT2D eigenvalue weighted by atomic mass is 35.5. The molecule has 2 aliphatic heterocycles. The molecule has 16 nitrogen and oxygen atoms in total. The minimum atomic E-state index is -1.00. The molecule has 0 radical (unpaired) electrons. The van der Waals surface area contributed by atoms with E-state index >= 15 is 0 Å². The van der Waals surface area contributed by atoms with Crippen molar-refractivity contribution in [1.82, 2.24) is 40.6 Å². The first-order valence-corrected chi connectivity index (χ1v) is 25.3. The minimum Gasteiger partial charge on any atom is -0.391 e. The zero-order chi connectivity index (χ0) is 49.7. The van der Waals surface area contributed by atoms with E-state index in [1.807, 2.05) is 100 Å². The lowest BCUT2D eigenvalue weighted by Gasteiger charge is -2.36. The summed E-state index contributed by atoms with van der Waals surface area (Å²) < 4.78 is 13.6. The summed E-state index contributed by atoms with van der Waals surface area (Å²) in [5, 5.41) is 30.0. The molecule has 0 spiro atoms. The van der Waals surface area contributed by atoms with Gasteiger partial charge < -0.3 is 35.4 Å². The Kier molecular flexibility index (Phi) is 16.5. The number of aliphatic hydroxyl groups excluding tert-OH is 1. The van der Waals surface area contributed by atoms with E-state index in [2.05, 4.69) is 45.0 Å². The van der Waals surface area contributed by atoms with Crippen molar-refractivity contribution in [2.24, 2.45) is 10.4 Å². The lowest BCUT2D eigenvalue weighted by atomic mass is 9.85. The molecule has 4 N–H and O–H groups in total. The van der Waals surface area contributed by atoms with Crippen molar-refractivity contribution in [3.05, 3.63) is 104 Å². The topological polar surface area (TPSA) is 202 Å². The Morgan fingerprint density at radius 2 is 1.65 bits per heavy atom. The Hall–Kier alpha value is -5.37. The van der Waals surface area contributed by atoms with E-state index in [9.17, 15) is 24.3 Å². The van der Waals surface area contributed by atoms with Crippen LogP contribution in [0.25, 0.3) is 15.4 Å². The number of hydrogen-bond acceptors (Lipinski definition) is 13. The van der Waals surface area contributed by atoms with E-state index in [1.165, 1.54) is 4.90 Å². The Morgan fingerprint density at radius 3 is 2.33 bits per heavy atom. The number of nitrogens with one attached hydrogen (secondary N) is 3. The van der Waals surface area contributed by atoms with Crippen LogP contribution in [-0.4, -0.2) is 116 Å². The molecule has 2 aliphatic rings. The van der Waals surface area contributed by atoms with Gasteiger partial charge in [0.25, 0.3) is 0 Å². The summed E-state index contributed by atoms with van der Waals surface area (Å²) in [6.45, 7) is 18.0. The van der Waals surface area contributed by atoms with Gasteiger partial charge in [0.15, 0.2) is 5.82 Å². The van der Waals surface area contributed by atoms with Gasteiger partial charge in [0.05, 0.1) is 47.0 Å². The normalized spacial score (nSPS) is 18.1. The predicted molar refractivity (Wildman–Crippen MR) is 268 cm³/mol. The van der Waals surface area contributed by atoms with Crippen molar-refractivity contribution in [3.63, 3.8) is 0 Å². The fourth-order valence-corrected chi connectivity index (χ4v) is 10.7. The molecule has 0 bridgehead atoms. The van der Waals surface area contributed by atoms with Crippen LogP contribution < -0.4 is 16.0 Å². The van der Waals surface area contributed by atoms with Gasteiger partial charge in [0.2, 0.25) is 23.6 Å². The van der Waals surface area contributed by atoms with Gasteiger partial charge >= 0.3 is 0 Å². The number of aryl methyl sites for hydroxylation is 3. The molecule has 1 unspecified atom stereocenters. The number of nitrogens with zero attached hydrogens (tertiary/aromatic N) is 6. The van der Waals surface area contributed by atoms with Crippen LogP contribution in [0, 0.1) is 33.1 Å². The second kappa shape index (κ2) is 22.2. The average Bonchev–Trinajstić information content (AvgIpc) is 4.08. The number of benzene rings is 2. The van der Waals surface area contributed by atoms with Gasteiger partial charge in [-0.1, -0.05) is 68.8 Å². The van der Waals surface area contributed by atoms with Crippen LogP contribution in [0.5, 0.6) is 0 Å². The van der Waals surface area contributed by atoms with Crippen LogP contribution >= 0.6 is 34.3 Å². The molecule has 69 heavy (non-hydrogen) atoms. The molecule has 4 amide bonds. The number of halogens is 1. The van der Waals surface area contributed by atoms with Gasteiger partial charge in [-0.2, -0.15) is 0 Å². The number of likely N-dealkylation sites (tertiary alicyclic amines) is 1. The summed E-state index contributed by atoms with van der Waals surface area (Å²) in [4.78, 5) is 67.8. The maximum absolute atomic E-state index is 14.2. The molecular weight excluding hydrogens is 938 g/mol. The largest absolute Gasteiger partial charge is 0.391 e. The smallest absolute Gasteiger partial charge is 0.249 e. The summed E-state index contributed by atoms with van der Waals surface area (Å²) in [5.74, 6) is -0.219. The number of β-amino-alcohol motifs (C(OH)–C–C–N with tert-alkyl or cyclic N) is 1. The quantitative estimate of drug-likeness (QED) is 0.0668. The maximum Gasteiger partial charge on any atom is 0.249 e. The molecule has 0 saturated carbocycles. The Labute approximate surface area is 416 Å². The van der Waals surface area contributed by atoms with Crippen LogP contribution in [0.3, 0.4) is 0 Å². The number of carbonyl (C=O) groups excluding carboxylic acids is 4. The van der Waals surface area contributed by atoms with Gasteiger partial charge in [0.1, 0.15) is 35.1 Å².